The van der Waals surface area contributed by atoms with E-state index in [0.29, 0.717) is 0 Å². The van der Waals surface area contributed by atoms with Gasteiger partial charge in [-0.15, -0.1) is 0 Å². The van der Waals surface area contributed by atoms with Gasteiger partial charge in [-0.1, -0.05) is 40.8 Å². The Balaban J connectivity index is 0.000000158. The zero-order valence-corrected chi connectivity index (χ0v) is 44.7. The van der Waals surface area contributed by atoms with Crippen molar-refractivity contribution in [2.24, 2.45) is 0 Å². The van der Waals surface area contributed by atoms with Gasteiger partial charge in [0.1, 0.15) is 11.5 Å². The van der Waals surface area contributed by atoms with Crippen molar-refractivity contribution >= 4 is 70.4 Å². The highest BCUT2D eigenvalue weighted by Gasteiger charge is 2.29. The maximum Gasteiger partial charge on any atom is 0.327 e. The summed E-state index contributed by atoms with van der Waals surface area (Å²) in [6.45, 7) is 23.1. The van der Waals surface area contributed by atoms with Crippen LogP contribution in [0, 0.1) is 41.5 Å². The Morgan fingerprint density at radius 2 is 0.694 bits per heavy atom. The number of hydrogen-bond acceptors (Lipinski definition) is 9. The number of rotatable bonds is 6. The average molecular weight is 1020 g/mol. The molecule has 0 saturated carbocycles. The maximum absolute atomic E-state index is 12.4. The summed E-state index contributed by atoms with van der Waals surface area (Å²) in [4.78, 5) is 44.0. The highest BCUT2D eigenvalue weighted by Crippen LogP contribution is 2.38. The van der Waals surface area contributed by atoms with Crippen molar-refractivity contribution in [2.75, 3.05) is 0 Å². The number of aryl methyl sites for hydroxylation is 6. The number of ketones is 3. The van der Waals surface area contributed by atoms with Gasteiger partial charge in [0.15, 0.2) is 17.3 Å². The van der Waals surface area contributed by atoms with E-state index in [0.717, 1.165) is 97.3 Å². The molecule has 0 bridgehead atoms. The summed E-state index contributed by atoms with van der Waals surface area (Å²) in [7, 11) is 0. The van der Waals surface area contributed by atoms with E-state index in [9.17, 15) is 29.7 Å². The topological polar surface area (TPSA) is 152 Å². The first-order chi connectivity index (χ1) is 34.0. The molecule has 0 unspecified atom stereocenters. The number of carbonyl (C=O) groups is 3. The molecule has 3 aromatic heterocycles. The molecule has 0 aromatic carbocycles. The van der Waals surface area contributed by atoms with Gasteiger partial charge in [0.2, 0.25) is 21.1 Å². The summed E-state index contributed by atoms with van der Waals surface area (Å²) in [5.41, 5.74) is 6.57. The van der Waals surface area contributed by atoms with Gasteiger partial charge >= 0.3 is 23.0 Å². The Morgan fingerprint density at radius 3 is 0.986 bits per heavy atom. The second kappa shape index (κ2) is 22.1. The summed E-state index contributed by atoms with van der Waals surface area (Å²) in [5.74, 6) is 3.24. The van der Waals surface area contributed by atoms with E-state index in [1.807, 2.05) is 132 Å². The largest absolute Gasteiger partial charge is 0.871 e. The van der Waals surface area contributed by atoms with Crippen LogP contribution in [0.1, 0.15) is 91.0 Å². The second-order valence-corrected chi connectivity index (χ2v) is 22.5. The third-order valence-corrected chi connectivity index (χ3v) is 13.8. The molecule has 3 aromatic rings. The van der Waals surface area contributed by atoms with Crippen LogP contribution >= 0.6 is 34.9 Å². The Labute approximate surface area is 433 Å². The maximum atomic E-state index is 12.4. The van der Waals surface area contributed by atoms with Crippen molar-refractivity contribution in [3.63, 3.8) is 0 Å². The van der Waals surface area contributed by atoms with Crippen LogP contribution in [0.2, 0.25) is 0 Å². The first-order valence-electron chi connectivity index (χ1n) is 23.1. The smallest absolute Gasteiger partial charge is 0.327 e. The van der Waals surface area contributed by atoms with Crippen LogP contribution in [0.15, 0.2) is 198 Å². The SMILES string of the molecule is CC1=CC(=CC2=C([O-])/C(=C/c3cc(C)[o+]c(C)c3)C2=O)C=C(C)O1.CC1=CC(=CC2=C([O-])/C(=C/c3cc(C)[s+]c(C)c3)C2=O)C=C(C)S1.CC1=CC(=CC2=C([O-])C(=Cc3cc(C)[o+]c(C)c3)C2=O)C=C(C)S1. The van der Waals surface area contributed by atoms with Crippen LogP contribution in [0.5, 0.6) is 0 Å². The van der Waals surface area contributed by atoms with Gasteiger partial charge in [0, 0.05) is 83.7 Å². The molecule has 72 heavy (non-hydrogen) atoms. The van der Waals surface area contributed by atoms with E-state index < -0.39 is 0 Å². The van der Waals surface area contributed by atoms with Gasteiger partial charge in [-0.2, -0.15) is 0 Å². The standard InChI is InChI=1S/C20H18O4.C20H18O3S.C20H18O2S2/c3*1-11-5-15(6-12(2)23-11)9-17-19(21)18(20(17)22)10-16-7-13(3)24-14(4)8-16/h3*5-10H,1-4H3. The number of Topliss-reactive ketones (excluding diaryl/α,β-unsaturated/α-hetero) is 3. The van der Waals surface area contributed by atoms with Gasteiger partial charge in [-0.05, 0) is 167 Å². The van der Waals surface area contributed by atoms with E-state index >= 15 is 0 Å². The Morgan fingerprint density at radius 1 is 0.417 bits per heavy atom. The molecule has 0 radical (unpaired) electrons. The van der Waals surface area contributed by atoms with E-state index in [1.165, 1.54) is 0 Å². The summed E-state index contributed by atoms with van der Waals surface area (Å²) in [6, 6.07) is 11.2. The quantitative estimate of drug-likeness (QED) is 0.171. The molecule has 0 amide bonds. The lowest BCUT2D eigenvalue weighted by atomic mass is 9.85. The first kappa shape index (κ1) is 52.7. The summed E-state index contributed by atoms with van der Waals surface area (Å²) in [6.07, 6.45) is 21.5. The fourth-order valence-electron chi connectivity index (χ4n) is 8.53. The molecule has 3 aliphatic heterocycles. The van der Waals surface area contributed by atoms with Crippen LogP contribution in [-0.4, -0.2) is 17.3 Å². The molecular formula is C60H54O9S3. The molecule has 0 saturated heterocycles. The predicted molar refractivity (Wildman–Crippen MR) is 286 cm³/mol. The molecule has 0 atom stereocenters. The summed E-state index contributed by atoms with van der Waals surface area (Å²) >= 11 is 5.08. The molecule has 6 heterocycles. The molecule has 9 rings (SSSR count). The Bertz CT molecular complexity index is 2920. The van der Waals surface area contributed by atoms with Crippen LogP contribution in [0.3, 0.4) is 0 Å². The molecule has 9 nitrogen and oxygen atoms in total. The molecule has 0 N–H and O–H groups in total. The van der Waals surface area contributed by atoms with Crippen molar-refractivity contribution in [1.82, 2.24) is 0 Å². The normalized spacial score (nSPS) is 19.1. The summed E-state index contributed by atoms with van der Waals surface area (Å²) < 4.78 is 16.2. The van der Waals surface area contributed by atoms with Gasteiger partial charge < -0.3 is 20.1 Å². The molecule has 0 spiro atoms. The van der Waals surface area contributed by atoms with Crippen LogP contribution < -0.4 is 15.3 Å². The predicted octanol–water partition coefficient (Wildman–Crippen LogP) is 12.5. The van der Waals surface area contributed by atoms with Gasteiger partial charge in [-0.3, -0.25) is 14.4 Å². The number of ether oxygens (including phenoxy) is 1. The minimum absolute atomic E-state index is 0.161. The van der Waals surface area contributed by atoms with E-state index in [1.54, 1.807) is 95.6 Å². The minimum Gasteiger partial charge on any atom is -0.871 e. The number of carbonyl (C=O) groups excluding carboxylic acids is 3. The van der Waals surface area contributed by atoms with Crippen molar-refractivity contribution in [1.29, 1.82) is 0 Å². The number of allylic oxidation sites excluding steroid dienone is 24. The van der Waals surface area contributed by atoms with Gasteiger partial charge in [-0.25, -0.2) is 8.83 Å². The van der Waals surface area contributed by atoms with Crippen LogP contribution in [0.25, 0.3) is 18.2 Å². The van der Waals surface area contributed by atoms with E-state index in [4.69, 9.17) is 13.6 Å². The van der Waals surface area contributed by atoms with Gasteiger partial charge in [0.05, 0.1) is 27.7 Å². The lowest BCUT2D eigenvalue weighted by molar-refractivity contribution is -0.301. The monoisotopic (exact) mass is 1010 g/mol. The summed E-state index contributed by atoms with van der Waals surface area (Å²) in [5, 5.41) is 37.0. The average Bonchev–Trinajstić information content (AvgIpc) is 3.28. The molecule has 0 fully saturated rings. The van der Waals surface area contributed by atoms with Crippen LogP contribution in [0.4, 0.5) is 0 Å². The highest BCUT2D eigenvalue weighted by molar-refractivity contribution is 8.07. The van der Waals surface area contributed by atoms with Crippen LogP contribution in [-0.2, 0) is 19.1 Å². The lowest BCUT2D eigenvalue weighted by Crippen LogP contribution is -2.29. The van der Waals surface area contributed by atoms with E-state index in [2.05, 4.69) is 0 Å². The second-order valence-electron chi connectivity index (χ2n) is 18.0. The van der Waals surface area contributed by atoms with Crippen molar-refractivity contribution in [3.8, 4) is 0 Å². The van der Waals surface area contributed by atoms with Crippen molar-refractivity contribution < 1.29 is 43.3 Å². The minimum atomic E-state index is -0.229. The zero-order valence-electron chi connectivity index (χ0n) is 42.3. The first-order valence-corrected chi connectivity index (χ1v) is 25.5. The molecule has 6 aliphatic rings. The number of hydrogen-bond donors (Lipinski definition) is 0. The van der Waals surface area contributed by atoms with Crippen molar-refractivity contribution in [3.05, 3.63) is 239 Å². The molecule has 12 heteroatoms. The molecule has 3 aliphatic carbocycles. The number of thioether (sulfide) groups is 2. The third-order valence-electron chi connectivity index (χ3n) is 11.2. The lowest BCUT2D eigenvalue weighted by Gasteiger charge is -2.29. The highest BCUT2D eigenvalue weighted by atomic mass is 32.2. The molecule has 366 valence electrons. The van der Waals surface area contributed by atoms with Gasteiger partial charge in [0.25, 0.3) is 0 Å². The zero-order chi connectivity index (χ0) is 52.3. The van der Waals surface area contributed by atoms with E-state index in [-0.39, 0.29) is 68.1 Å². The fourth-order valence-corrected chi connectivity index (χ4v) is 11.2. The Kier molecular flexibility index (Phi) is 16.2. The fraction of sp³-hybridized carbons (Fsp3) is 0.200. The molecular weight excluding hydrogens is 961 g/mol. The third kappa shape index (κ3) is 12.9. The van der Waals surface area contributed by atoms with Crippen molar-refractivity contribution in [2.45, 2.75) is 83.1 Å². The Hall–Kier alpha value is -7.12.